The molecule has 0 unspecified atom stereocenters. The number of nitrogens with zero attached hydrogens (tertiary/aromatic N) is 2. The molecule has 1 atom stereocenters. The van der Waals surface area contributed by atoms with Crippen LogP contribution in [-0.4, -0.2) is 40.2 Å². The highest BCUT2D eigenvalue weighted by molar-refractivity contribution is 9.10. The number of hydrogen-bond donors (Lipinski definition) is 2. The second-order valence-corrected chi connectivity index (χ2v) is 6.10. The topological polar surface area (TPSA) is 100 Å². The highest BCUT2D eigenvalue weighted by atomic mass is 79.9. The van der Waals surface area contributed by atoms with Crippen LogP contribution >= 0.6 is 27.7 Å². The zero-order valence-electron chi connectivity index (χ0n) is 11.4. The number of benzene rings is 1. The van der Waals surface area contributed by atoms with Crippen LogP contribution in [0.15, 0.2) is 32.9 Å². The average molecular weight is 386 g/mol. The number of nitrogens with one attached hydrogen (secondary N) is 1. The molecule has 1 aromatic carbocycles. The third kappa shape index (κ3) is 4.08. The molecule has 7 nitrogen and oxygen atoms in total. The highest BCUT2D eigenvalue weighted by Crippen LogP contribution is 2.22. The first-order valence-electron chi connectivity index (χ1n) is 6.25. The molecule has 9 heteroatoms. The van der Waals surface area contributed by atoms with Crippen molar-refractivity contribution in [1.82, 2.24) is 5.32 Å². The molecule has 2 N–H and O–H groups in total. The third-order valence-electron chi connectivity index (χ3n) is 2.53. The van der Waals surface area contributed by atoms with Gasteiger partial charge in [0.2, 0.25) is 0 Å². The van der Waals surface area contributed by atoms with Crippen molar-refractivity contribution in [3.05, 3.63) is 28.2 Å². The van der Waals surface area contributed by atoms with Crippen LogP contribution in [0.1, 0.15) is 12.5 Å². The van der Waals surface area contributed by atoms with Gasteiger partial charge in [0.1, 0.15) is 5.75 Å². The molecule has 1 saturated heterocycles. The minimum absolute atomic E-state index is 0.0552. The lowest BCUT2D eigenvalue weighted by atomic mass is 10.2. The molecule has 2 rings (SSSR count). The van der Waals surface area contributed by atoms with Crippen LogP contribution in [0.3, 0.4) is 0 Å². The van der Waals surface area contributed by atoms with Crippen LogP contribution < -0.4 is 5.32 Å². The average Bonchev–Trinajstić information content (AvgIpc) is 2.84. The lowest BCUT2D eigenvalue weighted by molar-refractivity contribution is -0.144. The molecule has 116 valence electrons. The van der Waals surface area contributed by atoms with Crippen LogP contribution in [0.5, 0.6) is 5.75 Å². The number of esters is 1. The zero-order valence-corrected chi connectivity index (χ0v) is 13.8. The molecule has 0 bridgehead atoms. The number of rotatable bonds is 4. The van der Waals surface area contributed by atoms with E-state index in [-0.39, 0.29) is 17.5 Å². The molecule has 22 heavy (non-hydrogen) atoms. The number of carbonyl (C=O) groups excluding carboxylic acids is 2. The fraction of sp³-hybridized carbons (Fsp3) is 0.231. The minimum Gasteiger partial charge on any atom is -0.507 e. The van der Waals surface area contributed by atoms with Gasteiger partial charge >= 0.3 is 5.97 Å². The van der Waals surface area contributed by atoms with E-state index in [2.05, 4.69) is 31.4 Å². The molecule has 0 spiro atoms. The largest absolute Gasteiger partial charge is 0.507 e. The van der Waals surface area contributed by atoms with Crippen LogP contribution in [-0.2, 0) is 14.3 Å². The van der Waals surface area contributed by atoms with Crippen molar-refractivity contribution in [1.29, 1.82) is 0 Å². The molecule has 1 aromatic rings. The van der Waals surface area contributed by atoms with Crippen molar-refractivity contribution in [2.45, 2.75) is 12.2 Å². The Balaban J connectivity index is 2.05. The van der Waals surface area contributed by atoms with Crippen LogP contribution in [0.4, 0.5) is 0 Å². The number of aromatic hydroxyl groups is 1. The molecule has 1 fully saturated rings. The number of amides is 1. The van der Waals surface area contributed by atoms with Gasteiger partial charge in [-0.25, -0.2) is 0 Å². The lowest BCUT2D eigenvalue weighted by Gasteiger charge is -2.03. The smallest absolute Gasteiger partial charge is 0.329 e. The number of phenols is 1. The number of thioether (sulfide) groups is 1. The van der Waals surface area contributed by atoms with Gasteiger partial charge in [-0.1, -0.05) is 27.7 Å². The summed E-state index contributed by atoms with van der Waals surface area (Å²) in [6, 6.07) is 4.87. The predicted molar refractivity (Wildman–Crippen MR) is 87.0 cm³/mol. The van der Waals surface area contributed by atoms with E-state index < -0.39 is 17.1 Å². The minimum atomic E-state index is -0.965. The summed E-state index contributed by atoms with van der Waals surface area (Å²) in [6.07, 6.45) is 1.34. The summed E-state index contributed by atoms with van der Waals surface area (Å²) < 4.78 is 5.58. The Morgan fingerprint density at radius 1 is 1.59 bits per heavy atom. The van der Waals surface area contributed by atoms with Crippen molar-refractivity contribution >= 4 is 51.0 Å². The Labute approximate surface area is 139 Å². The lowest BCUT2D eigenvalue weighted by Crippen LogP contribution is -2.31. The van der Waals surface area contributed by atoms with Crippen LogP contribution in [0.2, 0.25) is 0 Å². The van der Waals surface area contributed by atoms with Crippen molar-refractivity contribution in [2.75, 3.05) is 6.61 Å². The van der Waals surface area contributed by atoms with E-state index in [0.29, 0.717) is 5.56 Å². The van der Waals surface area contributed by atoms with Gasteiger partial charge in [0.25, 0.3) is 5.91 Å². The highest BCUT2D eigenvalue weighted by Gasteiger charge is 2.37. The quantitative estimate of drug-likeness (QED) is 0.355. The van der Waals surface area contributed by atoms with E-state index in [1.54, 1.807) is 19.1 Å². The summed E-state index contributed by atoms with van der Waals surface area (Å²) in [5.74, 6) is -1.04. The van der Waals surface area contributed by atoms with E-state index in [0.717, 1.165) is 16.2 Å². The first kappa shape index (κ1) is 16.5. The third-order valence-corrected chi connectivity index (χ3v) is 4.08. The number of ether oxygens (including phenoxy) is 1. The van der Waals surface area contributed by atoms with E-state index in [4.69, 9.17) is 4.74 Å². The van der Waals surface area contributed by atoms with Gasteiger partial charge in [-0.2, -0.15) is 5.10 Å². The SMILES string of the molecule is CCOC(=O)[C@@H]1S/C(=N/N=C/c2cc(Br)ccc2O)NC1=O. The first-order valence-corrected chi connectivity index (χ1v) is 7.92. The molecule has 0 radical (unpaired) electrons. The Morgan fingerprint density at radius 3 is 3.09 bits per heavy atom. The van der Waals surface area contributed by atoms with Gasteiger partial charge in [0.05, 0.1) is 12.8 Å². The second kappa shape index (κ2) is 7.41. The summed E-state index contributed by atoms with van der Waals surface area (Å²) >= 11 is 4.22. The van der Waals surface area contributed by atoms with E-state index >= 15 is 0 Å². The van der Waals surface area contributed by atoms with E-state index in [9.17, 15) is 14.7 Å². The van der Waals surface area contributed by atoms with Crippen molar-refractivity contribution in [3.63, 3.8) is 0 Å². The molecular formula is C13H12BrN3O4S. The fourth-order valence-corrected chi connectivity index (χ4v) is 2.75. The van der Waals surface area contributed by atoms with Crippen LogP contribution in [0, 0.1) is 0 Å². The predicted octanol–water partition coefficient (Wildman–Crippen LogP) is 1.64. The molecule has 0 saturated carbocycles. The fourth-order valence-electron chi connectivity index (χ4n) is 1.56. The van der Waals surface area contributed by atoms with Crippen molar-refractivity contribution < 1.29 is 19.4 Å². The Kier molecular flexibility index (Phi) is 5.56. The van der Waals surface area contributed by atoms with Gasteiger partial charge in [0.15, 0.2) is 10.4 Å². The molecule has 1 aliphatic heterocycles. The van der Waals surface area contributed by atoms with E-state index in [1.165, 1.54) is 12.3 Å². The summed E-state index contributed by atoms with van der Waals surface area (Å²) in [4.78, 5) is 23.2. The van der Waals surface area contributed by atoms with Gasteiger partial charge < -0.3 is 15.2 Å². The maximum atomic E-state index is 11.6. The second-order valence-electron chi connectivity index (χ2n) is 4.09. The van der Waals surface area contributed by atoms with E-state index in [1.807, 2.05) is 0 Å². The summed E-state index contributed by atoms with van der Waals surface area (Å²) in [5.41, 5.74) is 0.468. The van der Waals surface area contributed by atoms with Crippen LogP contribution in [0.25, 0.3) is 0 Å². The number of amidine groups is 1. The summed E-state index contributed by atoms with van der Waals surface area (Å²) in [5, 5.41) is 18.9. The summed E-state index contributed by atoms with van der Waals surface area (Å²) in [6.45, 7) is 1.87. The Hall–Kier alpha value is -1.87. The number of phenolic OH excluding ortho intramolecular Hbond substituents is 1. The molecular weight excluding hydrogens is 374 g/mol. The maximum Gasteiger partial charge on any atom is 0.329 e. The number of hydrogen-bond acceptors (Lipinski definition) is 7. The molecule has 0 aliphatic carbocycles. The normalized spacial score (nSPS) is 19.6. The molecule has 1 aliphatic rings. The molecule has 1 heterocycles. The molecule has 0 aromatic heterocycles. The number of halogens is 1. The number of carbonyl (C=O) groups is 2. The van der Waals surface area contributed by atoms with Crippen molar-refractivity contribution in [3.8, 4) is 5.75 Å². The summed E-state index contributed by atoms with van der Waals surface area (Å²) in [7, 11) is 0. The van der Waals surface area contributed by atoms with Gasteiger partial charge in [0, 0.05) is 10.0 Å². The molecule has 1 amide bonds. The van der Waals surface area contributed by atoms with Gasteiger partial charge in [-0.15, -0.1) is 5.10 Å². The van der Waals surface area contributed by atoms with Gasteiger partial charge in [-0.3, -0.25) is 9.59 Å². The van der Waals surface area contributed by atoms with Crippen molar-refractivity contribution in [2.24, 2.45) is 10.2 Å². The Bertz CT molecular complexity index is 663. The van der Waals surface area contributed by atoms with Gasteiger partial charge in [-0.05, 0) is 25.1 Å². The Morgan fingerprint density at radius 2 is 2.36 bits per heavy atom. The zero-order chi connectivity index (χ0) is 16.1. The first-order chi connectivity index (χ1) is 10.5. The monoisotopic (exact) mass is 385 g/mol. The standard InChI is InChI=1S/C13H12BrN3O4S/c1-2-21-12(20)10-11(19)16-13(22-10)17-15-6-7-5-8(14)3-4-9(7)18/h3-6,10,18H,2H2,1H3,(H,16,17,19)/b15-6+/t10-/m1/s1. The maximum absolute atomic E-state index is 11.6.